The third-order valence-electron chi connectivity index (χ3n) is 4.67. The summed E-state index contributed by atoms with van der Waals surface area (Å²) in [6.07, 6.45) is 2.36. The summed E-state index contributed by atoms with van der Waals surface area (Å²) < 4.78 is 28.0. The van der Waals surface area contributed by atoms with E-state index in [1.807, 2.05) is 0 Å². The van der Waals surface area contributed by atoms with Crippen molar-refractivity contribution in [3.8, 4) is 0 Å². The average Bonchev–Trinajstić information content (AvgIpc) is 2.64. The van der Waals surface area contributed by atoms with Crippen LogP contribution in [0.25, 0.3) is 0 Å². The van der Waals surface area contributed by atoms with Gasteiger partial charge in [0.2, 0.25) is 5.91 Å². The molecule has 3 rings (SSSR count). The number of hydrogen-bond donors (Lipinski definition) is 1. The Labute approximate surface area is 159 Å². The minimum atomic E-state index is -3.80. The largest absolute Gasteiger partial charge is 0.312 e. The second-order valence-corrected chi connectivity index (χ2v) is 8.37. The SMILES string of the molecule is CC(=O)c1ccc(C)c(NS(=O)(=O)c2ccc(N3CCCCC3=O)cc2)c1. The molecule has 0 saturated carbocycles. The molecule has 1 fully saturated rings. The van der Waals surface area contributed by atoms with Gasteiger partial charge in [0.25, 0.3) is 10.0 Å². The Bertz CT molecular complexity index is 982. The van der Waals surface area contributed by atoms with Gasteiger partial charge in [-0.3, -0.25) is 14.3 Å². The van der Waals surface area contributed by atoms with Crippen molar-refractivity contribution in [3.63, 3.8) is 0 Å². The fourth-order valence-electron chi connectivity index (χ4n) is 3.04. The third-order valence-corrected chi connectivity index (χ3v) is 6.05. The molecule has 1 heterocycles. The van der Waals surface area contributed by atoms with Gasteiger partial charge in [0.1, 0.15) is 0 Å². The Morgan fingerprint density at radius 3 is 2.41 bits per heavy atom. The number of rotatable bonds is 5. The quantitative estimate of drug-likeness (QED) is 0.797. The van der Waals surface area contributed by atoms with Gasteiger partial charge in [0.15, 0.2) is 5.78 Å². The smallest absolute Gasteiger partial charge is 0.261 e. The number of hydrogen-bond acceptors (Lipinski definition) is 4. The van der Waals surface area contributed by atoms with Crippen LogP contribution in [0, 0.1) is 6.92 Å². The summed E-state index contributed by atoms with van der Waals surface area (Å²) in [5, 5.41) is 0. The Balaban J connectivity index is 1.84. The molecule has 1 saturated heterocycles. The van der Waals surface area contributed by atoms with Crippen LogP contribution in [0.2, 0.25) is 0 Å². The molecule has 6 nitrogen and oxygen atoms in total. The molecule has 1 aliphatic heterocycles. The number of carbonyl (C=O) groups is 2. The first-order valence-corrected chi connectivity index (χ1v) is 10.3. The summed E-state index contributed by atoms with van der Waals surface area (Å²) in [5.41, 5.74) is 2.24. The second kappa shape index (κ2) is 7.52. The highest BCUT2D eigenvalue weighted by atomic mass is 32.2. The van der Waals surface area contributed by atoms with Crippen molar-refractivity contribution in [2.45, 2.75) is 38.0 Å². The number of sulfonamides is 1. The van der Waals surface area contributed by atoms with E-state index in [1.165, 1.54) is 25.1 Å². The number of anilines is 2. The molecule has 1 aliphatic rings. The Morgan fingerprint density at radius 1 is 1.07 bits per heavy atom. The van der Waals surface area contributed by atoms with Gasteiger partial charge < -0.3 is 4.90 Å². The van der Waals surface area contributed by atoms with E-state index in [0.717, 1.165) is 18.4 Å². The number of ketones is 1. The molecule has 1 N–H and O–H groups in total. The molecule has 0 aromatic heterocycles. The summed E-state index contributed by atoms with van der Waals surface area (Å²) in [7, 11) is -3.80. The predicted molar refractivity (Wildman–Crippen MR) is 105 cm³/mol. The molecule has 0 bridgehead atoms. The van der Waals surface area contributed by atoms with E-state index in [0.29, 0.717) is 29.9 Å². The molecule has 7 heteroatoms. The third kappa shape index (κ3) is 4.19. The van der Waals surface area contributed by atoms with E-state index in [2.05, 4.69) is 4.72 Å². The van der Waals surface area contributed by atoms with Gasteiger partial charge in [0.05, 0.1) is 10.6 Å². The number of benzene rings is 2. The van der Waals surface area contributed by atoms with Crippen LogP contribution in [-0.4, -0.2) is 26.7 Å². The summed E-state index contributed by atoms with van der Waals surface area (Å²) >= 11 is 0. The van der Waals surface area contributed by atoms with Gasteiger partial charge in [0, 0.05) is 24.2 Å². The first-order valence-electron chi connectivity index (χ1n) is 8.83. The average molecular weight is 386 g/mol. The number of Topliss-reactive ketones (excluding diaryl/α,β-unsaturated/α-hetero) is 1. The molecule has 0 atom stereocenters. The number of aryl methyl sites for hydroxylation is 1. The Morgan fingerprint density at radius 2 is 1.78 bits per heavy atom. The summed E-state index contributed by atoms with van der Waals surface area (Å²) in [6.45, 7) is 3.86. The van der Waals surface area contributed by atoms with E-state index in [-0.39, 0.29) is 16.6 Å². The van der Waals surface area contributed by atoms with Crippen LogP contribution in [0.3, 0.4) is 0 Å². The topological polar surface area (TPSA) is 83.6 Å². The van der Waals surface area contributed by atoms with Crippen LogP contribution in [0.1, 0.15) is 42.1 Å². The molecule has 0 spiro atoms. The molecule has 0 unspecified atom stereocenters. The predicted octanol–water partition coefficient (Wildman–Crippen LogP) is 3.52. The maximum absolute atomic E-state index is 12.7. The highest BCUT2D eigenvalue weighted by molar-refractivity contribution is 7.92. The van der Waals surface area contributed by atoms with Crippen LogP contribution in [0.15, 0.2) is 47.4 Å². The molecule has 27 heavy (non-hydrogen) atoms. The summed E-state index contributed by atoms with van der Waals surface area (Å²) in [4.78, 5) is 25.3. The number of piperidine rings is 1. The maximum atomic E-state index is 12.7. The molecular formula is C20H22N2O4S. The highest BCUT2D eigenvalue weighted by Crippen LogP contribution is 2.25. The zero-order valence-corrected chi connectivity index (χ0v) is 16.2. The highest BCUT2D eigenvalue weighted by Gasteiger charge is 2.21. The molecule has 0 radical (unpaired) electrons. The molecule has 142 valence electrons. The van der Waals surface area contributed by atoms with E-state index < -0.39 is 10.0 Å². The fourth-order valence-corrected chi connectivity index (χ4v) is 4.16. The first-order chi connectivity index (χ1) is 12.8. The van der Waals surface area contributed by atoms with E-state index in [1.54, 1.807) is 36.1 Å². The lowest BCUT2D eigenvalue weighted by molar-refractivity contribution is -0.119. The molecule has 2 aromatic rings. The van der Waals surface area contributed by atoms with Gasteiger partial charge in [-0.25, -0.2) is 8.42 Å². The molecular weight excluding hydrogens is 364 g/mol. The standard InChI is InChI=1S/C20H22N2O4S/c1-14-6-7-16(15(2)23)13-19(14)21-27(25,26)18-10-8-17(9-11-18)22-12-4-3-5-20(22)24/h6-11,13,21H,3-5,12H2,1-2H3. The van der Waals surface area contributed by atoms with Gasteiger partial charge >= 0.3 is 0 Å². The van der Waals surface area contributed by atoms with Crippen LogP contribution in [0.5, 0.6) is 0 Å². The van der Waals surface area contributed by atoms with Gasteiger partial charge in [-0.1, -0.05) is 12.1 Å². The lowest BCUT2D eigenvalue weighted by Gasteiger charge is -2.26. The van der Waals surface area contributed by atoms with Crippen LogP contribution in [0.4, 0.5) is 11.4 Å². The second-order valence-electron chi connectivity index (χ2n) is 6.69. The van der Waals surface area contributed by atoms with Crippen molar-refractivity contribution in [2.75, 3.05) is 16.2 Å². The Hall–Kier alpha value is -2.67. The van der Waals surface area contributed by atoms with Crippen LogP contribution >= 0.6 is 0 Å². The zero-order chi connectivity index (χ0) is 19.6. The van der Waals surface area contributed by atoms with Crippen molar-refractivity contribution < 1.29 is 18.0 Å². The van der Waals surface area contributed by atoms with E-state index >= 15 is 0 Å². The lowest BCUT2D eigenvalue weighted by atomic mass is 10.1. The number of carbonyl (C=O) groups excluding carboxylic acids is 2. The minimum Gasteiger partial charge on any atom is -0.312 e. The number of nitrogens with zero attached hydrogens (tertiary/aromatic N) is 1. The van der Waals surface area contributed by atoms with Crippen LogP contribution < -0.4 is 9.62 Å². The maximum Gasteiger partial charge on any atom is 0.261 e. The van der Waals surface area contributed by atoms with Crippen molar-refractivity contribution in [2.24, 2.45) is 0 Å². The van der Waals surface area contributed by atoms with Crippen LogP contribution in [-0.2, 0) is 14.8 Å². The Kier molecular flexibility index (Phi) is 5.32. The number of nitrogens with one attached hydrogen (secondary N) is 1. The van der Waals surface area contributed by atoms with Crippen molar-refractivity contribution >= 4 is 33.1 Å². The molecule has 0 aliphatic carbocycles. The molecule has 2 aromatic carbocycles. The van der Waals surface area contributed by atoms with Crippen molar-refractivity contribution in [1.82, 2.24) is 0 Å². The first kappa shape index (κ1) is 19.1. The van der Waals surface area contributed by atoms with Gasteiger partial charge in [-0.2, -0.15) is 0 Å². The monoisotopic (exact) mass is 386 g/mol. The van der Waals surface area contributed by atoms with Crippen molar-refractivity contribution in [1.29, 1.82) is 0 Å². The zero-order valence-electron chi connectivity index (χ0n) is 15.4. The van der Waals surface area contributed by atoms with Gasteiger partial charge in [-0.15, -0.1) is 0 Å². The van der Waals surface area contributed by atoms with E-state index in [9.17, 15) is 18.0 Å². The number of amides is 1. The summed E-state index contributed by atoms with van der Waals surface area (Å²) in [5.74, 6) is -0.0716. The van der Waals surface area contributed by atoms with Crippen molar-refractivity contribution in [3.05, 3.63) is 53.6 Å². The van der Waals surface area contributed by atoms with Gasteiger partial charge in [-0.05, 0) is 62.6 Å². The minimum absolute atomic E-state index is 0.0617. The normalized spacial score (nSPS) is 14.9. The van der Waals surface area contributed by atoms with E-state index in [4.69, 9.17) is 0 Å². The fraction of sp³-hybridized carbons (Fsp3) is 0.300. The lowest BCUT2D eigenvalue weighted by Crippen LogP contribution is -2.35. The molecule has 1 amide bonds. The summed E-state index contributed by atoms with van der Waals surface area (Å²) in [6, 6.07) is 11.2.